The minimum atomic E-state index is 0. The van der Waals surface area contributed by atoms with Gasteiger partial charge in [0.25, 0.3) is 0 Å². The van der Waals surface area contributed by atoms with Gasteiger partial charge in [-0.05, 0) is 13.0 Å². The van der Waals surface area contributed by atoms with Gasteiger partial charge in [-0.25, -0.2) is 4.99 Å². The van der Waals surface area contributed by atoms with E-state index >= 15 is 0 Å². The molecule has 116 valence electrons. The summed E-state index contributed by atoms with van der Waals surface area (Å²) in [6.45, 7) is 4.17. The van der Waals surface area contributed by atoms with Crippen LogP contribution in [0, 0.1) is 0 Å². The van der Waals surface area contributed by atoms with Crippen LogP contribution in [-0.4, -0.2) is 32.1 Å². The molecule has 0 spiro atoms. The van der Waals surface area contributed by atoms with Gasteiger partial charge in [0.2, 0.25) is 0 Å². The lowest BCUT2D eigenvalue weighted by Crippen LogP contribution is -2.37. The van der Waals surface area contributed by atoms with Crippen molar-refractivity contribution in [3.05, 3.63) is 35.9 Å². The van der Waals surface area contributed by atoms with E-state index in [2.05, 4.69) is 25.8 Å². The molecule has 0 aliphatic heterocycles. The topological polar surface area (TPSA) is 72.1 Å². The van der Waals surface area contributed by atoms with Gasteiger partial charge in [0, 0.05) is 38.6 Å². The monoisotopic (exact) mass is 403 g/mol. The van der Waals surface area contributed by atoms with Gasteiger partial charge in [0.1, 0.15) is 0 Å². The quantitative estimate of drug-likeness (QED) is 0.445. The number of nitrogens with zero attached hydrogens (tertiary/aromatic N) is 5. The highest BCUT2D eigenvalue weighted by Crippen LogP contribution is 1.99. The molecule has 21 heavy (non-hydrogen) atoms. The Bertz CT molecular complexity index is 573. The van der Waals surface area contributed by atoms with Gasteiger partial charge in [-0.1, -0.05) is 0 Å². The minimum Gasteiger partial charge on any atom is -0.357 e. The van der Waals surface area contributed by atoms with Crippen molar-refractivity contribution >= 4 is 29.9 Å². The van der Waals surface area contributed by atoms with Crippen molar-refractivity contribution in [2.45, 2.75) is 20.0 Å². The third-order valence-corrected chi connectivity index (χ3v) is 2.88. The molecule has 0 aliphatic rings. The number of aryl methyl sites for hydroxylation is 2. The van der Waals surface area contributed by atoms with Crippen LogP contribution in [0.4, 0.5) is 0 Å². The fraction of sp³-hybridized carbons (Fsp3) is 0.462. The number of hydrogen-bond donors (Lipinski definition) is 2. The molecular formula is C13H22IN7. The van der Waals surface area contributed by atoms with Crippen molar-refractivity contribution in [3.63, 3.8) is 0 Å². The van der Waals surface area contributed by atoms with E-state index < -0.39 is 0 Å². The van der Waals surface area contributed by atoms with Gasteiger partial charge in [0.15, 0.2) is 5.96 Å². The van der Waals surface area contributed by atoms with Crippen LogP contribution in [0.15, 0.2) is 29.6 Å². The molecule has 7 nitrogen and oxygen atoms in total. The molecule has 0 radical (unpaired) electrons. The molecule has 2 rings (SSSR count). The van der Waals surface area contributed by atoms with E-state index in [-0.39, 0.29) is 24.0 Å². The Morgan fingerprint density at radius 2 is 2.10 bits per heavy atom. The second-order valence-corrected chi connectivity index (χ2v) is 4.52. The molecular weight excluding hydrogens is 381 g/mol. The average molecular weight is 403 g/mol. The first-order valence-electron chi connectivity index (χ1n) is 6.65. The van der Waals surface area contributed by atoms with Gasteiger partial charge < -0.3 is 10.6 Å². The predicted molar refractivity (Wildman–Crippen MR) is 93.5 cm³/mol. The van der Waals surface area contributed by atoms with Crippen molar-refractivity contribution in [3.8, 4) is 0 Å². The first kappa shape index (κ1) is 17.5. The van der Waals surface area contributed by atoms with Crippen molar-refractivity contribution in [1.29, 1.82) is 0 Å². The number of hydrogen-bond acceptors (Lipinski definition) is 3. The van der Waals surface area contributed by atoms with E-state index in [9.17, 15) is 0 Å². The summed E-state index contributed by atoms with van der Waals surface area (Å²) in [5.41, 5.74) is 2.20. The highest BCUT2D eigenvalue weighted by atomic mass is 127. The van der Waals surface area contributed by atoms with Crippen LogP contribution in [-0.2, 0) is 27.2 Å². The summed E-state index contributed by atoms with van der Waals surface area (Å²) in [7, 11) is 3.83. The van der Waals surface area contributed by atoms with E-state index in [1.165, 1.54) is 0 Å². The maximum atomic E-state index is 4.54. The largest absolute Gasteiger partial charge is 0.357 e. The molecule has 0 atom stereocenters. The molecule has 2 heterocycles. The molecule has 2 aromatic heterocycles. The van der Waals surface area contributed by atoms with Crippen LogP contribution in [0.25, 0.3) is 0 Å². The van der Waals surface area contributed by atoms with Crippen LogP contribution in [0.3, 0.4) is 0 Å². The molecule has 0 bridgehead atoms. The summed E-state index contributed by atoms with van der Waals surface area (Å²) in [6.07, 6.45) is 5.58. The first-order valence-corrected chi connectivity index (χ1v) is 6.65. The maximum Gasteiger partial charge on any atom is 0.191 e. The summed E-state index contributed by atoms with van der Waals surface area (Å²) in [5, 5.41) is 14.8. The normalized spacial score (nSPS) is 11.1. The van der Waals surface area contributed by atoms with E-state index in [0.717, 1.165) is 23.8 Å². The van der Waals surface area contributed by atoms with Crippen molar-refractivity contribution in [2.24, 2.45) is 19.1 Å². The number of rotatable bonds is 5. The molecule has 0 unspecified atom stereocenters. The summed E-state index contributed by atoms with van der Waals surface area (Å²) < 4.78 is 3.62. The fourth-order valence-corrected chi connectivity index (χ4v) is 1.81. The standard InChI is InChI=1S/C13H21N7.HI/c1-4-14-13(15-7-11-8-18-19(2)10-11)16-9-12-5-6-17-20(12)3;/h5-6,8,10H,4,7,9H2,1-3H3,(H2,14,15,16);1H. The van der Waals surface area contributed by atoms with Gasteiger partial charge in [0.05, 0.1) is 25.0 Å². The van der Waals surface area contributed by atoms with Gasteiger partial charge in [-0.3, -0.25) is 9.36 Å². The van der Waals surface area contributed by atoms with E-state index in [0.29, 0.717) is 13.1 Å². The molecule has 0 saturated carbocycles. The Morgan fingerprint density at radius 1 is 1.29 bits per heavy atom. The summed E-state index contributed by atoms with van der Waals surface area (Å²) >= 11 is 0. The number of aromatic nitrogens is 4. The number of nitrogens with one attached hydrogen (secondary N) is 2. The Hall–Kier alpha value is -1.58. The Balaban J connectivity index is 0.00000220. The molecule has 8 heteroatoms. The summed E-state index contributed by atoms with van der Waals surface area (Å²) in [6, 6.07) is 1.98. The molecule has 0 amide bonds. The highest BCUT2D eigenvalue weighted by Gasteiger charge is 2.02. The Morgan fingerprint density at radius 3 is 2.67 bits per heavy atom. The van der Waals surface area contributed by atoms with Crippen LogP contribution >= 0.6 is 24.0 Å². The second kappa shape index (κ2) is 8.65. The third-order valence-electron chi connectivity index (χ3n) is 2.88. The lowest BCUT2D eigenvalue weighted by molar-refractivity contribution is 0.685. The second-order valence-electron chi connectivity index (χ2n) is 4.52. The van der Waals surface area contributed by atoms with E-state index in [1.807, 2.05) is 44.2 Å². The third kappa shape index (κ3) is 5.37. The van der Waals surface area contributed by atoms with Gasteiger partial charge in [-0.2, -0.15) is 10.2 Å². The van der Waals surface area contributed by atoms with Crippen LogP contribution in [0.2, 0.25) is 0 Å². The number of halogens is 1. The lowest BCUT2D eigenvalue weighted by atomic mass is 10.4. The van der Waals surface area contributed by atoms with E-state index in [1.54, 1.807) is 10.9 Å². The molecule has 0 aromatic carbocycles. The summed E-state index contributed by atoms with van der Waals surface area (Å²) in [4.78, 5) is 4.54. The van der Waals surface area contributed by atoms with Gasteiger partial charge in [-0.15, -0.1) is 24.0 Å². The maximum absolute atomic E-state index is 4.54. The van der Waals surface area contributed by atoms with Crippen LogP contribution < -0.4 is 10.6 Å². The van der Waals surface area contributed by atoms with Crippen molar-refractivity contribution in [1.82, 2.24) is 30.2 Å². The molecule has 2 aromatic rings. The lowest BCUT2D eigenvalue weighted by Gasteiger charge is -2.11. The molecule has 0 aliphatic carbocycles. The Kier molecular flexibility index (Phi) is 7.20. The minimum absolute atomic E-state index is 0. The number of guanidine groups is 1. The first-order chi connectivity index (χ1) is 9.69. The van der Waals surface area contributed by atoms with Crippen molar-refractivity contribution in [2.75, 3.05) is 6.54 Å². The van der Waals surface area contributed by atoms with E-state index in [4.69, 9.17) is 0 Å². The van der Waals surface area contributed by atoms with Crippen molar-refractivity contribution < 1.29 is 0 Å². The molecule has 2 N–H and O–H groups in total. The van der Waals surface area contributed by atoms with Crippen LogP contribution in [0.1, 0.15) is 18.2 Å². The zero-order valence-corrected chi connectivity index (χ0v) is 14.9. The number of aliphatic imine (C=N–C) groups is 1. The molecule has 0 fully saturated rings. The summed E-state index contributed by atoms with van der Waals surface area (Å²) in [5.74, 6) is 0.789. The predicted octanol–water partition coefficient (Wildman–Crippen LogP) is 1.03. The average Bonchev–Trinajstić information content (AvgIpc) is 3.02. The SMILES string of the molecule is CCNC(=NCc1cnn(C)c1)NCc1ccnn1C.I. The smallest absolute Gasteiger partial charge is 0.191 e. The van der Waals surface area contributed by atoms with Crippen LogP contribution in [0.5, 0.6) is 0 Å². The molecule has 0 saturated heterocycles. The zero-order valence-electron chi connectivity index (χ0n) is 12.6. The fourth-order valence-electron chi connectivity index (χ4n) is 1.81. The highest BCUT2D eigenvalue weighted by molar-refractivity contribution is 14.0. The zero-order chi connectivity index (χ0) is 14.4. The van der Waals surface area contributed by atoms with Gasteiger partial charge >= 0.3 is 0 Å². The Labute approximate surface area is 141 Å².